The summed E-state index contributed by atoms with van der Waals surface area (Å²) in [7, 11) is 17.0. The SMILES string of the molecule is C=CC(C)(C)c1ccc(OCC)c(C=CC(=O)c2ccc(C(=O)N(C)C)cc2)c1.C=CCc1ccc(OCCC)c(C=CC(=O)c2ccc(C(=O)N(C)C)cc2)c1.CC=CCc1ccc(OCCC)c(C=CC(=O)c2ccc(C(=O)N(C)C)cc2)c1.CCCOc1ccc(C(C)(C)CC)cc1C=CC(=O)c1ccc(C(=O)N(C)C)cc1.CCCOc1ccc(CCC)cc1C=CC(=O)c1ccc(C(=O)N(C)C)cc1. The Morgan fingerprint density at radius 1 is 0.292 bits per heavy atom. The van der Waals surface area contributed by atoms with Crippen LogP contribution in [0.1, 0.15) is 281 Å². The molecule has 144 heavy (non-hydrogen) atoms. The predicted molar refractivity (Wildman–Crippen MR) is 589 cm³/mol. The normalized spacial score (nSPS) is 11.1. The molecule has 0 radical (unpaired) electrons. The van der Waals surface area contributed by atoms with Crippen LogP contribution < -0.4 is 23.7 Å². The summed E-state index contributed by atoms with van der Waals surface area (Å²) in [6.07, 6.45) is 32.9. The van der Waals surface area contributed by atoms with Crippen molar-refractivity contribution in [3.05, 3.63) is 391 Å². The average Bonchev–Trinajstić information content (AvgIpc) is 0.801. The maximum absolute atomic E-state index is 12.7. The van der Waals surface area contributed by atoms with E-state index in [1.807, 2.05) is 111 Å². The first kappa shape index (κ1) is 118. The van der Waals surface area contributed by atoms with E-state index in [0.717, 1.165) is 131 Å². The molecule has 0 unspecified atom stereocenters. The molecule has 20 heteroatoms. The lowest BCUT2D eigenvalue weighted by Crippen LogP contribution is -2.21. The third-order valence-corrected chi connectivity index (χ3v) is 23.0. The summed E-state index contributed by atoms with van der Waals surface area (Å²) < 4.78 is 29.0. The fourth-order valence-electron chi connectivity index (χ4n) is 13.9. The molecule has 0 fully saturated rings. The highest BCUT2D eigenvalue weighted by Gasteiger charge is 2.23. The summed E-state index contributed by atoms with van der Waals surface area (Å²) in [5.74, 6) is 2.79. The van der Waals surface area contributed by atoms with Gasteiger partial charge >= 0.3 is 0 Å². The maximum atomic E-state index is 12.7. The molecule has 0 atom stereocenters. The molecule has 10 aromatic carbocycles. The molecule has 0 aliphatic carbocycles. The second kappa shape index (κ2) is 60.2. The Morgan fingerprint density at radius 2 is 0.535 bits per heavy atom. The monoisotopic (exact) mass is 1950 g/mol. The Kier molecular flexibility index (Phi) is 49.1. The number of ketones is 5. The Morgan fingerprint density at radius 3 is 0.785 bits per heavy atom. The van der Waals surface area contributed by atoms with E-state index in [9.17, 15) is 47.9 Å². The topological polar surface area (TPSA) is 233 Å². The molecular weight excluding hydrogens is 1800 g/mol. The van der Waals surface area contributed by atoms with Gasteiger partial charge in [0.05, 0.1) is 33.0 Å². The predicted octanol–water partition coefficient (Wildman–Crippen LogP) is 25.9. The van der Waals surface area contributed by atoms with Gasteiger partial charge in [-0.25, -0.2) is 0 Å². The van der Waals surface area contributed by atoms with E-state index < -0.39 is 0 Å². The van der Waals surface area contributed by atoms with Crippen molar-refractivity contribution in [2.24, 2.45) is 0 Å². The zero-order chi connectivity index (χ0) is 106. The summed E-state index contributed by atoms with van der Waals surface area (Å²) in [6, 6.07) is 63.9. The summed E-state index contributed by atoms with van der Waals surface area (Å²) in [6.45, 7) is 35.8. The molecule has 20 nitrogen and oxygen atoms in total. The zero-order valence-electron chi connectivity index (χ0n) is 88.5. The first-order valence-electron chi connectivity index (χ1n) is 49.1. The van der Waals surface area contributed by atoms with Gasteiger partial charge < -0.3 is 48.2 Å². The van der Waals surface area contributed by atoms with Crippen LogP contribution in [0, 0.1) is 0 Å². The second-order valence-electron chi connectivity index (χ2n) is 36.5. The number of hydrogen-bond donors (Lipinski definition) is 0. The molecule has 0 bridgehead atoms. The lowest BCUT2D eigenvalue weighted by atomic mass is 9.81. The molecule has 0 saturated carbocycles. The molecule has 5 amide bonds. The minimum absolute atomic E-state index is 0.0463. The quantitative estimate of drug-likeness (QED) is 0.0196. The molecule has 0 spiro atoms. The molecular formula is C124H147N5O15. The molecule has 758 valence electrons. The lowest BCUT2D eigenvalue weighted by Gasteiger charge is -2.24. The van der Waals surface area contributed by atoms with E-state index in [-0.39, 0.29) is 69.3 Å². The average molecular weight is 1950 g/mol. The van der Waals surface area contributed by atoms with E-state index in [0.29, 0.717) is 88.7 Å². The zero-order valence-corrected chi connectivity index (χ0v) is 88.5. The van der Waals surface area contributed by atoms with E-state index in [2.05, 4.69) is 113 Å². The molecule has 0 saturated heterocycles. The number of carbonyl (C=O) groups excluding carboxylic acids is 10. The third-order valence-electron chi connectivity index (χ3n) is 23.0. The van der Waals surface area contributed by atoms with Crippen molar-refractivity contribution in [3.63, 3.8) is 0 Å². The van der Waals surface area contributed by atoms with Crippen molar-refractivity contribution in [1.29, 1.82) is 0 Å². The largest absolute Gasteiger partial charge is 0.493 e. The van der Waals surface area contributed by atoms with Crippen LogP contribution >= 0.6 is 0 Å². The first-order chi connectivity index (χ1) is 68.7. The number of nitrogens with zero attached hydrogens (tertiary/aromatic N) is 5. The van der Waals surface area contributed by atoms with E-state index >= 15 is 0 Å². The van der Waals surface area contributed by atoms with Crippen molar-refractivity contribution in [2.45, 2.75) is 152 Å². The van der Waals surface area contributed by atoms with Gasteiger partial charge in [-0.05, 0) is 281 Å². The van der Waals surface area contributed by atoms with E-state index in [4.69, 9.17) is 23.7 Å². The van der Waals surface area contributed by atoms with Gasteiger partial charge in [0, 0.05) is 159 Å². The lowest BCUT2D eigenvalue weighted by molar-refractivity contribution is 0.0820. The van der Waals surface area contributed by atoms with Crippen LogP contribution in [0.15, 0.2) is 280 Å². The first-order valence-corrected chi connectivity index (χ1v) is 49.1. The van der Waals surface area contributed by atoms with Gasteiger partial charge in [-0.1, -0.05) is 191 Å². The highest BCUT2D eigenvalue weighted by molar-refractivity contribution is 6.11. The minimum atomic E-state index is -0.188. The third kappa shape index (κ3) is 37.4. The summed E-state index contributed by atoms with van der Waals surface area (Å²) >= 11 is 0. The number of carbonyl (C=O) groups is 10. The highest BCUT2D eigenvalue weighted by Crippen LogP contribution is 2.35. The maximum Gasteiger partial charge on any atom is 0.253 e. The van der Waals surface area contributed by atoms with Gasteiger partial charge in [-0.2, -0.15) is 0 Å². The van der Waals surface area contributed by atoms with Gasteiger partial charge in [0.15, 0.2) is 28.9 Å². The van der Waals surface area contributed by atoms with Gasteiger partial charge in [0.2, 0.25) is 0 Å². The molecule has 0 aliphatic heterocycles. The van der Waals surface area contributed by atoms with Crippen LogP contribution in [0.3, 0.4) is 0 Å². The fraction of sp³-hybridized carbons (Fsp3) is 0.306. The fourth-order valence-corrected chi connectivity index (χ4v) is 13.9. The molecule has 10 aromatic rings. The van der Waals surface area contributed by atoms with Crippen LogP contribution in [0.4, 0.5) is 0 Å². The van der Waals surface area contributed by atoms with Gasteiger partial charge in [-0.3, -0.25) is 47.9 Å². The number of rotatable bonds is 44. The minimum Gasteiger partial charge on any atom is -0.493 e. The Bertz CT molecular complexity index is 6160. The van der Waals surface area contributed by atoms with Crippen LogP contribution in [-0.4, -0.2) is 186 Å². The second-order valence-corrected chi connectivity index (χ2v) is 36.5. The summed E-state index contributed by atoms with van der Waals surface area (Å²) in [4.78, 5) is 130. The summed E-state index contributed by atoms with van der Waals surface area (Å²) in [5, 5.41) is 0. The van der Waals surface area contributed by atoms with Crippen molar-refractivity contribution < 1.29 is 71.6 Å². The molecule has 0 heterocycles. The van der Waals surface area contributed by atoms with Gasteiger partial charge in [-0.15, -0.1) is 13.2 Å². The highest BCUT2D eigenvalue weighted by atomic mass is 16.5. The van der Waals surface area contributed by atoms with E-state index in [1.54, 1.807) is 228 Å². The van der Waals surface area contributed by atoms with E-state index in [1.165, 1.54) is 47.8 Å². The standard InChI is InChI=1S/C26H33NO3.2C25H29NO3.C24H29NO3.C24H27NO3/c1-7-17-30-24-16-14-22(26(3,4)8-2)18-21(24)13-15-23(28)19-9-11-20(12-10-19)25(29)27(5)6;1-7-25(3,4)21-14-16-23(29-8-2)20(17-21)13-15-22(27)18-9-11-19(12-10-18)24(28)26(5)6;1-5-7-8-19-9-16-24(29-17-6-2)22(18-19)14-15-23(27)20-10-12-21(13-11-20)25(28)26(3)4;2*1-5-7-18-8-15-23(28-16-6-2)21(17-18)13-14-22(26)19-9-11-20(12-10-19)24(27)25(3)4/h9-16,18H,7-8,17H2,1-6H3;7,9-17H,1,8H2,2-6H3;5,7,9-16,18H,6,8,17H2,1-4H3;8-15,17H,5-7,16H2,1-4H3;5,8-15,17H,1,6-7,16H2,2-4H3. The van der Waals surface area contributed by atoms with Gasteiger partial charge in [0.1, 0.15) is 28.7 Å². The Balaban J connectivity index is 0.000000275. The molecule has 10 rings (SSSR count). The molecule has 0 N–H and O–H groups in total. The number of aryl methyl sites for hydroxylation is 1. The van der Waals surface area contributed by atoms with Crippen LogP contribution in [0.2, 0.25) is 0 Å². The number of ether oxygens (including phenoxy) is 5. The Labute approximate surface area is 855 Å². The van der Waals surface area contributed by atoms with Crippen LogP contribution in [0.5, 0.6) is 28.7 Å². The van der Waals surface area contributed by atoms with Crippen molar-refractivity contribution >= 4 is 88.8 Å². The smallest absolute Gasteiger partial charge is 0.253 e. The van der Waals surface area contributed by atoms with Crippen LogP contribution in [0.25, 0.3) is 30.4 Å². The number of amides is 5. The van der Waals surface area contributed by atoms with Crippen LogP contribution in [-0.2, 0) is 30.1 Å². The van der Waals surface area contributed by atoms with Gasteiger partial charge in [0.25, 0.3) is 29.5 Å². The number of allylic oxidation sites excluding steroid dienone is 9. The number of benzene rings is 10. The number of hydrogen-bond acceptors (Lipinski definition) is 15. The van der Waals surface area contributed by atoms with Crippen molar-refractivity contribution in [1.82, 2.24) is 24.5 Å². The van der Waals surface area contributed by atoms with Crippen molar-refractivity contribution in [2.75, 3.05) is 104 Å². The summed E-state index contributed by atoms with van der Waals surface area (Å²) in [5.41, 5.74) is 15.5. The van der Waals surface area contributed by atoms with Crippen molar-refractivity contribution in [3.8, 4) is 28.7 Å². The Hall–Kier alpha value is -15.2. The molecule has 0 aromatic heterocycles. The molecule has 0 aliphatic rings.